The third-order valence-corrected chi connectivity index (χ3v) is 5.95. The van der Waals surface area contributed by atoms with Crippen molar-refractivity contribution in [3.63, 3.8) is 0 Å². The number of benzene rings is 1. The first-order valence-electron chi connectivity index (χ1n) is 9.34. The number of hydrogen-bond acceptors (Lipinski definition) is 8. The number of allylic oxidation sites excluding steroid dienone is 1. The molecular weight excluding hydrogens is 420 g/mol. The Morgan fingerprint density at radius 1 is 1.19 bits per heavy atom. The fourth-order valence-electron chi connectivity index (χ4n) is 3.53. The lowest BCUT2D eigenvalue weighted by Crippen LogP contribution is -2.39. The van der Waals surface area contributed by atoms with Crippen molar-refractivity contribution in [1.29, 1.82) is 0 Å². The van der Waals surface area contributed by atoms with E-state index in [4.69, 9.17) is 18.6 Å². The largest absolute Gasteiger partial charge is 0.493 e. The highest BCUT2D eigenvalue weighted by Gasteiger charge is 2.33. The lowest BCUT2D eigenvalue weighted by atomic mass is 9.95. The lowest BCUT2D eigenvalue weighted by molar-refractivity contribution is -0.136. The molecule has 9 heteroatoms. The van der Waals surface area contributed by atoms with Crippen molar-refractivity contribution in [3.8, 4) is 11.5 Å². The average Bonchev–Trinajstić information content (AvgIpc) is 3.40. The fourth-order valence-corrected chi connectivity index (χ4v) is 4.56. The Bertz CT molecular complexity index is 1350. The Hall–Kier alpha value is -3.59. The molecule has 3 heterocycles. The van der Waals surface area contributed by atoms with Gasteiger partial charge in [0.15, 0.2) is 16.3 Å². The molecule has 0 saturated heterocycles. The first-order chi connectivity index (χ1) is 15.0. The van der Waals surface area contributed by atoms with Crippen LogP contribution in [-0.4, -0.2) is 31.9 Å². The van der Waals surface area contributed by atoms with Gasteiger partial charge in [0.2, 0.25) is 0 Å². The van der Waals surface area contributed by atoms with Gasteiger partial charge in [-0.1, -0.05) is 17.4 Å². The summed E-state index contributed by atoms with van der Waals surface area (Å²) in [5, 5.41) is 0. The molecule has 160 valence electrons. The second-order valence-corrected chi connectivity index (χ2v) is 7.71. The van der Waals surface area contributed by atoms with Gasteiger partial charge in [0.05, 0.1) is 49.4 Å². The maximum absolute atomic E-state index is 13.4. The van der Waals surface area contributed by atoms with E-state index < -0.39 is 12.0 Å². The number of thiazole rings is 1. The normalized spacial score (nSPS) is 16.0. The Kier molecular flexibility index (Phi) is 5.51. The smallest absolute Gasteiger partial charge is 0.338 e. The molecule has 0 spiro atoms. The first kappa shape index (κ1) is 20.7. The summed E-state index contributed by atoms with van der Waals surface area (Å²) in [7, 11) is 4.37. The minimum absolute atomic E-state index is 0.283. The van der Waals surface area contributed by atoms with Gasteiger partial charge in [0, 0.05) is 6.08 Å². The first-order valence-corrected chi connectivity index (χ1v) is 10.2. The maximum atomic E-state index is 13.4. The molecular formula is C22H20N2O6S. The van der Waals surface area contributed by atoms with Crippen molar-refractivity contribution in [3.05, 3.63) is 78.9 Å². The van der Waals surface area contributed by atoms with Crippen LogP contribution >= 0.6 is 11.3 Å². The van der Waals surface area contributed by atoms with Crippen molar-refractivity contribution >= 4 is 23.4 Å². The zero-order chi connectivity index (χ0) is 22.1. The number of hydrogen-bond donors (Lipinski definition) is 0. The molecule has 0 bridgehead atoms. The van der Waals surface area contributed by atoms with Crippen LogP contribution in [0.15, 0.2) is 62.1 Å². The minimum Gasteiger partial charge on any atom is -0.493 e. The van der Waals surface area contributed by atoms with Crippen molar-refractivity contribution in [1.82, 2.24) is 4.57 Å². The van der Waals surface area contributed by atoms with Crippen molar-refractivity contribution in [2.45, 2.75) is 13.0 Å². The van der Waals surface area contributed by atoms with Gasteiger partial charge in [-0.25, -0.2) is 9.79 Å². The molecule has 4 rings (SSSR count). The van der Waals surface area contributed by atoms with Crippen LogP contribution in [0.4, 0.5) is 0 Å². The van der Waals surface area contributed by atoms with Crippen LogP contribution in [0.25, 0.3) is 6.08 Å². The van der Waals surface area contributed by atoms with Crippen LogP contribution < -0.4 is 24.4 Å². The summed E-state index contributed by atoms with van der Waals surface area (Å²) in [5.74, 6) is 1.02. The minimum atomic E-state index is -0.734. The van der Waals surface area contributed by atoms with E-state index in [1.807, 2.05) is 0 Å². The highest BCUT2D eigenvalue weighted by atomic mass is 32.1. The van der Waals surface area contributed by atoms with Gasteiger partial charge in [0.25, 0.3) is 5.56 Å². The van der Waals surface area contributed by atoms with Gasteiger partial charge in [-0.05, 0) is 36.8 Å². The molecule has 0 amide bonds. The lowest BCUT2D eigenvalue weighted by Gasteiger charge is -2.25. The number of carbonyl (C=O) groups excluding carboxylic acids is 1. The zero-order valence-corrected chi connectivity index (χ0v) is 18.2. The number of furan rings is 1. The van der Waals surface area contributed by atoms with Gasteiger partial charge in [-0.3, -0.25) is 9.36 Å². The van der Waals surface area contributed by atoms with E-state index in [0.29, 0.717) is 37.9 Å². The van der Waals surface area contributed by atoms with Crippen LogP contribution in [0, 0.1) is 0 Å². The number of methoxy groups -OCH3 is 3. The fraction of sp³-hybridized carbons (Fsp3) is 0.227. The standard InChI is InChI=1S/C22H20N2O6S/c1-12-18(21(26)29-4)19(13-7-8-15(27-2)16(10-13)28-3)24-20(25)17(31-22(24)23-12)11-14-6-5-9-30-14/h5-11,19H,1-4H3. The van der Waals surface area contributed by atoms with Gasteiger partial charge in [0.1, 0.15) is 5.76 Å². The van der Waals surface area contributed by atoms with E-state index >= 15 is 0 Å². The SMILES string of the molecule is COC(=O)C1=C(C)N=c2sc(=Cc3ccco3)c(=O)n2C1c1ccc(OC)c(OC)c1. The van der Waals surface area contributed by atoms with Gasteiger partial charge < -0.3 is 18.6 Å². The summed E-state index contributed by atoms with van der Waals surface area (Å²) in [5.41, 5.74) is 1.15. The molecule has 0 radical (unpaired) electrons. The van der Waals surface area contributed by atoms with Crippen molar-refractivity contribution in [2.75, 3.05) is 21.3 Å². The number of aromatic nitrogens is 1. The summed E-state index contributed by atoms with van der Waals surface area (Å²) >= 11 is 1.23. The number of carbonyl (C=O) groups is 1. The van der Waals surface area contributed by atoms with E-state index in [1.165, 1.54) is 36.4 Å². The Balaban J connectivity index is 1.99. The van der Waals surface area contributed by atoms with Crippen LogP contribution in [0.5, 0.6) is 11.5 Å². The molecule has 0 saturated carbocycles. The molecule has 1 aromatic carbocycles. The number of fused-ring (bicyclic) bond motifs is 1. The third kappa shape index (κ3) is 3.57. The number of ether oxygens (including phenoxy) is 3. The van der Waals surface area contributed by atoms with Crippen LogP contribution in [0.2, 0.25) is 0 Å². The number of esters is 1. The molecule has 0 fully saturated rings. The second-order valence-electron chi connectivity index (χ2n) is 6.70. The predicted octanol–water partition coefficient (Wildman–Crippen LogP) is 2.02. The second kappa shape index (κ2) is 8.27. The van der Waals surface area contributed by atoms with E-state index in [2.05, 4.69) is 4.99 Å². The molecule has 0 aliphatic carbocycles. The Labute approximate surface area is 181 Å². The Morgan fingerprint density at radius 2 is 1.97 bits per heavy atom. The number of rotatable bonds is 5. The summed E-state index contributed by atoms with van der Waals surface area (Å²) < 4.78 is 23.1. The Morgan fingerprint density at radius 3 is 2.61 bits per heavy atom. The molecule has 3 aromatic rings. The third-order valence-electron chi connectivity index (χ3n) is 4.97. The van der Waals surface area contributed by atoms with Gasteiger partial charge in [-0.2, -0.15) is 0 Å². The summed E-state index contributed by atoms with van der Waals surface area (Å²) in [6, 6.07) is 8.04. The average molecular weight is 440 g/mol. The van der Waals surface area contributed by atoms with Gasteiger partial charge in [-0.15, -0.1) is 0 Å². The summed E-state index contributed by atoms with van der Waals surface area (Å²) in [6.45, 7) is 1.73. The molecule has 0 N–H and O–H groups in total. The monoisotopic (exact) mass is 440 g/mol. The van der Waals surface area contributed by atoms with E-state index in [1.54, 1.807) is 50.4 Å². The molecule has 8 nitrogen and oxygen atoms in total. The van der Waals surface area contributed by atoms with E-state index in [0.717, 1.165) is 0 Å². The molecule has 1 aliphatic heterocycles. The maximum Gasteiger partial charge on any atom is 0.338 e. The van der Waals surface area contributed by atoms with Crippen LogP contribution in [0.1, 0.15) is 24.3 Å². The van der Waals surface area contributed by atoms with Crippen molar-refractivity contribution < 1.29 is 23.4 Å². The van der Waals surface area contributed by atoms with Gasteiger partial charge >= 0.3 is 5.97 Å². The van der Waals surface area contributed by atoms with Crippen LogP contribution in [0.3, 0.4) is 0 Å². The predicted molar refractivity (Wildman–Crippen MR) is 114 cm³/mol. The zero-order valence-electron chi connectivity index (χ0n) is 17.4. The molecule has 1 aliphatic rings. The highest BCUT2D eigenvalue weighted by molar-refractivity contribution is 7.07. The molecule has 2 aromatic heterocycles. The van der Waals surface area contributed by atoms with Crippen LogP contribution in [-0.2, 0) is 9.53 Å². The molecule has 1 atom stereocenters. The summed E-state index contributed by atoms with van der Waals surface area (Å²) in [4.78, 5) is 31.1. The summed E-state index contributed by atoms with van der Waals surface area (Å²) in [6.07, 6.45) is 3.20. The molecule has 1 unspecified atom stereocenters. The topological polar surface area (TPSA) is 92.3 Å². The molecule has 31 heavy (non-hydrogen) atoms. The van der Waals surface area contributed by atoms with Crippen molar-refractivity contribution in [2.24, 2.45) is 4.99 Å². The van der Waals surface area contributed by atoms with E-state index in [9.17, 15) is 9.59 Å². The quantitative estimate of drug-likeness (QED) is 0.564. The highest BCUT2D eigenvalue weighted by Crippen LogP contribution is 2.35. The van der Waals surface area contributed by atoms with E-state index in [-0.39, 0.29) is 11.1 Å². The number of nitrogens with zero attached hydrogens (tertiary/aromatic N) is 2.